The maximum Gasteiger partial charge on any atom is 0.0659 e. The van der Waals surface area contributed by atoms with Gasteiger partial charge in [-0.3, -0.25) is 4.68 Å². The van der Waals surface area contributed by atoms with Crippen LogP contribution >= 0.6 is 0 Å². The summed E-state index contributed by atoms with van der Waals surface area (Å²) in [5, 5.41) is 4.53. The molecule has 19 heavy (non-hydrogen) atoms. The van der Waals surface area contributed by atoms with Gasteiger partial charge in [-0.25, -0.2) is 0 Å². The Balaban J connectivity index is 1.69. The fourth-order valence-electron chi connectivity index (χ4n) is 3.18. The summed E-state index contributed by atoms with van der Waals surface area (Å²) in [6.07, 6.45) is 9.75. The van der Waals surface area contributed by atoms with Crippen LogP contribution in [0, 0.1) is 5.92 Å². The van der Waals surface area contributed by atoms with Gasteiger partial charge in [-0.2, -0.15) is 5.10 Å². The predicted octanol–water partition coefficient (Wildman–Crippen LogP) is 4.23. The Morgan fingerprint density at radius 2 is 2.05 bits per heavy atom. The Morgan fingerprint density at radius 3 is 2.84 bits per heavy atom. The topological polar surface area (TPSA) is 17.8 Å². The molecule has 1 saturated carbocycles. The van der Waals surface area contributed by atoms with Gasteiger partial charge in [0.25, 0.3) is 0 Å². The van der Waals surface area contributed by atoms with Crippen LogP contribution in [0.3, 0.4) is 0 Å². The summed E-state index contributed by atoms with van der Waals surface area (Å²) in [6.45, 7) is 3.25. The van der Waals surface area contributed by atoms with E-state index < -0.39 is 0 Å². The molecule has 1 aromatic carbocycles. The molecule has 0 saturated heterocycles. The van der Waals surface area contributed by atoms with Crippen LogP contribution in [-0.4, -0.2) is 9.78 Å². The van der Waals surface area contributed by atoms with Crippen LogP contribution in [0.1, 0.15) is 49.7 Å². The molecular weight excluding hydrogens is 232 g/mol. The summed E-state index contributed by atoms with van der Waals surface area (Å²) in [4.78, 5) is 0. The van der Waals surface area contributed by atoms with Crippen molar-refractivity contribution in [1.82, 2.24) is 9.78 Å². The van der Waals surface area contributed by atoms with Crippen molar-refractivity contribution in [2.45, 2.75) is 45.1 Å². The SMILES string of the molecule is CC1CCCC(c2cnn(Cc3ccccc3)c2)C1. The Kier molecular flexibility index (Phi) is 3.67. The van der Waals surface area contributed by atoms with Crippen molar-refractivity contribution < 1.29 is 0 Å². The van der Waals surface area contributed by atoms with Gasteiger partial charge >= 0.3 is 0 Å². The molecule has 0 aliphatic heterocycles. The van der Waals surface area contributed by atoms with Crippen molar-refractivity contribution in [2.75, 3.05) is 0 Å². The van der Waals surface area contributed by atoms with E-state index in [1.807, 2.05) is 0 Å². The summed E-state index contributed by atoms with van der Waals surface area (Å²) in [5.41, 5.74) is 2.75. The largest absolute Gasteiger partial charge is 0.268 e. The van der Waals surface area contributed by atoms with E-state index in [-0.39, 0.29) is 0 Å². The highest BCUT2D eigenvalue weighted by atomic mass is 15.3. The monoisotopic (exact) mass is 254 g/mol. The van der Waals surface area contributed by atoms with Crippen molar-refractivity contribution in [3.05, 3.63) is 53.9 Å². The smallest absolute Gasteiger partial charge is 0.0659 e. The lowest BCUT2D eigenvalue weighted by molar-refractivity contribution is 0.344. The van der Waals surface area contributed by atoms with Gasteiger partial charge in [-0.05, 0) is 35.8 Å². The van der Waals surface area contributed by atoms with Gasteiger partial charge in [-0.1, -0.05) is 50.1 Å². The Labute approximate surface area is 115 Å². The lowest BCUT2D eigenvalue weighted by Crippen LogP contribution is -2.11. The zero-order valence-corrected chi connectivity index (χ0v) is 11.6. The molecular formula is C17H22N2. The van der Waals surface area contributed by atoms with Gasteiger partial charge in [0.15, 0.2) is 0 Å². The van der Waals surface area contributed by atoms with Crippen LogP contribution in [0.25, 0.3) is 0 Å². The molecule has 1 fully saturated rings. The number of nitrogens with zero attached hydrogens (tertiary/aromatic N) is 2. The zero-order chi connectivity index (χ0) is 13.1. The number of hydrogen-bond acceptors (Lipinski definition) is 1. The third kappa shape index (κ3) is 3.06. The summed E-state index contributed by atoms with van der Waals surface area (Å²) in [5.74, 6) is 1.60. The molecule has 2 unspecified atom stereocenters. The quantitative estimate of drug-likeness (QED) is 0.801. The number of hydrogen-bond donors (Lipinski definition) is 0. The Hall–Kier alpha value is -1.57. The highest BCUT2D eigenvalue weighted by Gasteiger charge is 2.21. The van der Waals surface area contributed by atoms with Crippen LogP contribution < -0.4 is 0 Å². The average molecular weight is 254 g/mol. The molecule has 0 N–H and O–H groups in total. The molecule has 0 radical (unpaired) electrons. The summed E-state index contributed by atoms with van der Waals surface area (Å²) < 4.78 is 2.07. The van der Waals surface area contributed by atoms with Crippen LogP contribution in [0.4, 0.5) is 0 Å². The first kappa shape index (κ1) is 12.5. The minimum Gasteiger partial charge on any atom is -0.268 e. The number of aromatic nitrogens is 2. The fourth-order valence-corrected chi connectivity index (χ4v) is 3.18. The Morgan fingerprint density at radius 1 is 1.21 bits per heavy atom. The molecule has 0 amide bonds. The molecule has 0 bridgehead atoms. The lowest BCUT2D eigenvalue weighted by Gasteiger charge is -2.25. The molecule has 0 spiro atoms. The minimum atomic E-state index is 0.730. The maximum atomic E-state index is 4.53. The third-order valence-electron chi connectivity index (χ3n) is 4.25. The number of benzene rings is 1. The van der Waals surface area contributed by atoms with Crippen molar-refractivity contribution in [3.8, 4) is 0 Å². The van der Waals surface area contributed by atoms with E-state index in [1.165, 1.54) is 36.8 Å². The number of rotatable bonds is 3. The van der Waals surface area contributed by atoms with Crippen LogP contribution in [0.5, 0.6) is 0 Å². The first-order valence-corrected chi connectivity index (χ1v) is 7.37. The predicted molar refractivity (Wildman–Crippen MR) is 78.1 cm³/mol. The van der Waals surface area contributed by atoms with E-state index in [9.17, 15) is 0 Å². The van der Waals surface area contributed by atoms with Crippen molar-refractivity contribution >= 4 is 0 Å². The van der Waals surface area contributed by atoms with Gasteiger partial charge in [0.1, 0.15) is 0 Å². The van der Waals surface area contributed by atoms with Crippen molar-refractivity contribution in [1.29, 1.82) is 0 Å². The van der Waals surface area contributed by atoms with Gasteiger partial charge < -0.3 is 0 Å². The van der Waals surface area contributed by atoms with Crippen LogP contribution in [0.2, 0.25) is 0 Å². The molecule has 2 aromatic rings. The Bertz CT molecular complexity index is 515. The minimum absolute atomic E-state index is 0.730. The average Bonchev–Trinajstić information content (AvgIpc) is 2.88. The van der Waals surface area contributed by atoms with E-state index in [2.05, 4.69) is 59.4 Å². The first-order chi connectivity index (χ1) is 9.31. The molecule has 2 nitrogen and oxygen atoms in total. The summed E-state index contributed by atoms with van der Waals surface area (Å²) >= 11 is 0. The second-order valence-corrected chi connectivity index (χ2v) is 5.93. The second kappa shape index (κ2) is 5.60. The van der Waals surface area contributed by atoms with Gasteiger partial charge in [0, 0.05) is 6.20 Å². The summed E-state index contributed by atoms with van der Waals surface area (Å²) in [6, 6.07) is 10.5. The molecule has 2 heteroatoms. The normalized spacial score (nSPS) is 23.4. The van der Waals surface area contributed by atoms with E-state index in [1.54, 1.807) is 0 Å². The molecule has 1 aromatic heterocycles. The van der Waals surface area contributed by atoms with Crippen molar-refractivity contribution in [3.63, 3.8) is 0 Å². The van der Waals surface area contributed by atoms with Crippen LogP contribution in [-0.2, 0) is 6.54 Å². The van der Waals surface area contributed by atoms with Gasteiger partial charge in [0.05, 0.1) is 12.7 Å². The highest BCUT2D eigenvalue weighted by Crippen LogP contribution is 2.35. The molecule has 1 aliphatic carbocycles. The van der Waals surface area contributed by atoms with E-state index in [0.717, 1.165) is 18.4 Å². The zero-order valence-electron chi connectivity index (χ0n) is 11.6. The second-order valence-electron chi connectivity index (χ2n) is 5.93. The standard InChI is InChI=1S/C17H22N2/c1-14-6-5-9-16(10-14)17-11-18-19(13-17)12-15-7-3-2-4-8-15/h2-4,7-8,11,13-14,16H,5-6,9-10,12H2,1H3. The first-order valence-electron chi connectivity index (χ1n) is 7.37. The van der Waals surface area contributed by atoms with Crippen molar-refractivity contribution in [2.24, 2.45) is 5.92 Å². The van der Waals surface area contributed by atoms with E-state index in [4.69, 9.17) is 0 Å². The maximum absolute atomic E-state index is 4.53. The molecule has 100 valence electrons. The van der Waals surface area contributed by atoms with E-state index >= 15 is 0 Å². The molecule has 2 atom stereocenters. The highest BCUT2D eigenvalue weighted by molar-refractivity contribution is 5.17. The summed E-state index contributed by atoms with van der Waals surface area (Å²) in [7, 11) is 0. The fraction of sp³-hybridized carbons (Fsp3) is 0.471. The van der Waals surface area contributed by atoms with Gasteiger partial charge in [0.2, 0.25) is 0 Å². The van der Waals surface area contributed by atoms with E-state index in [0.29, 0.717) is 0 Å². The lowest BCUT2D eigenvalue weighted by atomic mass is 9.80. The molecule has 1 aliphatic rings. The van der Waals surface area contributed by atoms with Crippen LogP contribution in [0.15, 0.2) is 42.7 Å². The van der Waals surface area contributed by atoms with Gasteiger partial charge in [-0.15, -0.1) is 0 Å². The molecule has 1 heterocycles. The third-order valence-corrected chi connectivity index (χ3v) is 4.25. The molecule has 3 rings (SSSR count).